The van der Waals surface area contributed by atoms with E-state index in [0.717, 1.165) is 17.1 Å². The lowest BCUT2D eigenvalue weighted by Gasteiger charge is -2.31. The smallest absolute Gasteiger partial charge is 0.0540 e. The first kappa shape index (κ1) is 40.6. The molecule has 0 radical (unpaired) electrons. The molecule has 0 saturated heterocycles. The maximum absolute atomic E-state index is 2.49. The molecule has 8 aromatic rings. The van der Waals surface area contributed by atoms with Crippen LogP contribution in [0.25, 0.3) is 55.6 Å². The van der Waals surface area contributed by atoms with Gasteiger partial charge in [-0.2, -0.15) is 0 Å². The average Bonchev–Trinajstić information content (AvgIpc) is 3.65. The summed E-state index contributed by atoms with van der Waals surface area (Å²) >= 11 is 0. The van der Waals surface area contributed by atoms with Gasteiger partial charge in [0.15, 0.2) is 0 Å². The molecular formula is C62H59N. The minimum absolute atomic E-state index is 0.00308. The Morgan fingerprint density at radius 1 is 0.333 bits per heavy atom. The van der Waals surface area contributed by atoms with E-state index in [1.807, 2.05) is 0 Å². The highest BCUT2D eigenvalue weighted by atomic mass is 15.1. The van der Waals surface area contributed by atoms with Crippen molar-refractivity contribution in [3.8, 4) is 55.6 Å². The van der Waals surface area contributed by atoms with Gasteiger partial charge < -0.3 is 4.90 Å². The molecule has 0 unspecified atom stereocenters. The fourth-order valence-electron chi connectivity index (χ4n) is 10.7. The number of para-hydroxylation sites is 1. The molecule has 2 aliphatic rings. The van der Waals surface area contributed by atoms with Crippen molar-refractivity contribution in [3.05, 3.63) is 209 Å². The van der Waals surface area contributed by atoms with Gasteiger partial charge in [0, 0.05) is 27.8 Å². The average molecular weight is 818 g/mol. The van der Waals surface area contributed by atoms with Crippen LogP contribution in [0.5, 0.6) is 0 Å². The second-order valence-electron chi connectivity index (χ2n) is 21.0. The van der Waals surface area contributed by atoms with Crippen molar-refractivity contribution in [1.29, 1.82) is 0 Å². The van der Waals surface area contributed by atoms with Crippen molar-refractivity contribution in [3.63, 3.8) is 0 Å². The Bertz CT molecular complexity index is 3040. The van der Waals surface area contributed by atoms with E-state index in [4.69, 9.17) is 0 Å². The number of fused-ring (bicyclic) bond motifs is 6. The molecule has 0 fully saturated rings. The fraction of sp³-hybridized carbons (Fsp3) is 0.226. The number of hydrogen-bond donors (Lipinski definition) is 0. The van der Waals surface area contributed by atoms with E-state index in [-0.39, 0.29) is 21.7 Å². The Kier molecular flexibility index (Phi) is 9.39. The summed E-state index contributed by atoms with van der Waals surface area (Å²) < 4.78 is 0. The van der Waals surface area contributed by atoms with E-state index in [1.54, 1.807) is 0 Å². The Morgan fingerprint density at radius 3 is 1.41 bits per heavy atom. The first-order valence-corrected chi connectivity index (χ1v) is 22.8. The number of anilines is 3. The highest BCUT2D eigenvalue weighted by Gasteiger charge is 2.38. The molecule has 0 aliphatic heterocycles. The van der Waals surface area contributed by atoms with Crippen molar-refractivity contribution >= 4 is 17.1 Å². The second kappa shape index (κ2) is 14.6. The van der Waals surface area contributed by atoms with Gasteiger partial charge in [0.05, 0.1) is 5.69 Å². The molecule has 1 nitrogen and oxygen atoms in total. The fourth-order valence-corrected chi connectivity index (χ4v) is 10.7. The molecule has 1 heteroatoms. The molecule has 63 heavy (non-hydrogen) atoms. The van der Waals surface area contributed by atoms with Crippen molar-refractivity contribution in [2.45, 2.75) is 90.9 Å². The molecule has 0 bridgehead atoms. The third kappa shape index (κ3) is 6.67. The van der Waals surface area contributed by atoms with Crippen LogP contribution in [0.3, 0.4) is 0 Å². The molecule has 0 heterocycles. The summed E-state index contributed by atoms with van der Waals surface area (Å²) in [7, 11) is 0. The molecule has 0 saturated carbocycles. The van der Waals surface area contributed by atoms with Crippen LogP contribution in [0.1, 0.15) is 103 Å². The van der Waals surface area contributed by atoms with Crippen LogP contribution in [-0.2, 0) is 21.7 Å². The molecule has 0 amide bonds. The standard InChI is InChI=1S/C62H59N/c1-59(2,3)42-36-41(37-43(38-42)60(4,5)6)47-21-15-18-29-57(47)63(45-34-35-51-49-23-13-16-27-54(49)61(7,8)56(51)39-45)44-32-30-40(31-33-44)46-20-11-12-22-48(46)52-25-19-26-53-50-24-14-17-28-55(50)62(9,10)58(52)53/h11-39H,1-10H3. The number of hydrogen-bond acceptors (Lipinski definition) is 1. The van der Waals surface area contributed by atoms with Crippen LogP contribution < -0.4 is 4.90 Å². The Morgan fingerprint density at radius 2 is 0.794 bits per heavy atom. The first-order chi connectivity index (χ1) is 30.0. The number of benzene rings is 8. The topological polar surface area (TPSA) is 3.24 Å². The second-order valence-corrected chi connectivity index (χ2v) is 21.0. The van der Waals surface area contributed by atoms with Gasteiger partial charge in [-0.05, 0) is 125 Å². The Labute approximate surface area is 376 Å². The van der Waals surface area contributed by atoms with Crippen LogP contribution in [-0.4, -0.2) is 0 Å². The van der Waals surface area contributed by atoms with Gasteiger partial charge in [0.1, 0.15) is 0 Å². The van der Waals surface area contributed by atoms with Crippen molar-refractivity contribution in [2.75, 3.05) is 4.90 Å². The maximum atomic E-state index is 2.49. The largest absolute Gasteiger partial charge is 0.310 e. The first-order valence-electron chi connectivity index (χ1n) is 22.8. The van der Waals surface area contributed by atoms with Gasteiger partial charge in [-0.25, -0.2) is 0 Å². The summed E-state index contributed by atoms with van der Waals surface area (Å²) in [5, 5.41) is 0. The lowest BCUT2D eigenvalue weighted by molar-refractivity contribution is 0.569. The van der Waals surface area contributed by atoms with E-state index < -0.39 is 0 Å². The van der Waals surface area contributed by atoms with Crippen molar-refractivity contribution in [1.82, 2.24) is 0 Å². The van der Waals surface area contributed by atoms with E-state index in [9.17, 15) is 0 Å². The van der Waals surface area contributed by atoms with Gasteiger partial charge >= 0.3 is 0 Å². The molecule has 10 rings (SSSR count). The Hall–Kier alpha value is -6.44. The molecule has 2 aliphatic carbocycles. The van der Waals surface area contributed by atoms with Gasteiger partial charge in [-0.3, -0.25) is 0 Å². The van der Waals surface area contributed by atoms with Gasteiger partial charge in [0.2, 0.25) is 0 Å². The van der Waals surface area contributed by atoms with Gasteiger partial charge in [-0.15, -0.1) is 0 Å². The highest BCUT2D eigenvalue weighted by Crippen LogP contribution is 2.54. The zero-order valence-corrected chi connectivity index (χ0v) is 38.7. The van der Waals surface area contributed by atoms with Crippen LogP contribution in [0.15, 0.2) is 176 Å². The normalized spacial score (nSPS) is 14.4. The van der Waals surface area contributed by atoms with Gasteiger partial charge in [-0.1, -0.05) is 215 Å². The van der Waals surface area contributed by atoms with Crippen molar-refractivity contribution in [2.24, 2.45) is 0 Å². The summed E-state index contributed by atoms with van der Waals surface area (Å²) in [4.78, 5) is 2.49. The number of nitrogens with zero attached hydrogens (tertiary/aromatic N) is 1. The van der Waals surface area contributed by atoms with Crippen LogP contribution >= 0.6 is 0 Å². The summed E-state index contributed by atoms with van der Waals surface area (Å²) in [6.07, 6.45) is 0. The molecular weight excluding hydrogens is 759 g/mol. The monoisotopic (exact) mass is 817 g/mol. The summed E-state index contributed by atoms with van der Waals surface area (Å²) in [6, 6.07) is 66.5. The Balaban J connectivity index is 1.14. The van der Waals surface area contributed by atoms with E-state index in [2.05, 4.69) is 250 Å². The minimum Gasteiger partial charge on any atom is -0.310 e. The maximum Gasteiger partial charge on any atom is 0.0540 e. The SMILES string of the molecule is CC(C)(C)c1cc(-c2ccccc2N(c2ccc(-c3ccccc3-c3cccc4c3C(C)(C)c3ccccc3-4)cc2)c2ccc3c(c2)C(C)(C)c2ccccc2-3)cc(C(C)(C)C)c1. The highest BCUT2D eigenvalue weighted by molar-refractivity contribution is 5.94. The third-order valence-corrected chi connectivity index (χ3v) is 14.2. The third-order valence-electron chi connectivity index (χ3n) is 14.2. The van der Waals surface area contributed by atoms with Crippen LogP contribution in [0.2, 0.25) is 0 Å². The van der Waals surface area contributed by atoms with Crippen LogP contribution in [0.4, 0.5) is 17.1 Å². The summed E-state index contributed by atoms with van der Waals surface area (Å²) in [6.45, 7) is 23.5. The summed E-state index contributed by atoms with van der Waals surface area (Å²) in [5.41, 5.74) is 24.3. The predicted octanol–water partition coefficient (Wildman–Crippen LogP) is 17.4. The molecule has 0 aromatic heterocycles. The zero-order chi connectivity index (χ0) is 44.1. The van der Waals surface area contributed by atoms with Crippen molar-refractivity contribution < 1.29 is 0 Å². The predicted molar refractivity (Wildman–Crippen MR) is 270 cm³/mol. The molecule has 0 atom stereocenters. The quantitative estimate of drug-likeness (QED) is 0.162. The van der Waals surface area contributed by atoms with Crippen LogP contribution in [0, 0.1) is 0 Å². The lowest BCUT2D eigenvalue weighted by atomic mass is 9.78. The molecule has 312 valence electrons. The molecule has 0 N–H and O–H groups in total. The van der Waals surface area contributed by atoms with E-state index in [0.29, 0.717) is 0 Å². The van der Waals surface area contributed by atoms with Gasteiger partial charge in [0.25, 0.3) is 0 Å². The summed E-state index contributed by atoms with van der Waals surface area (Å²) in [5.74, 6) is 0. The van der Waals surface area contributed by atoms with E-state index >= 15 is 0 Å². The number of rotatable bonds is 6. The lowest BCUT2D eigenvalue weighted by Crippen LogP contribution is -2.17. The minimum atomic E-state index is -0.128. The zero-order valence-electron chi connectivity index (χ0n) is 38.7. The molecule has 0 spiro atoms. The molecule has 8 aromatic carbocycles. The van der Waals surface area contributed by atoms with E-state index in [1.165, 1.54) is 89.0 Å².